The largest absolute Gasteiger partial charge is 0.493 e. The van der Waals surface area contributed by atoms with E-state index >= 15 is 0 Å². The summed E-state index contributed by atoms with van der Waals surface area (Å²) in [6, 6.07) is 11.0. The van der Waals surface area contributed by atoms with Crippen LogP contribution in [0.3, 0.4) is 0 Å². The molecule has 9 heteroatoms. The molecule has 30 heavy (non-hydrogen) atoms. The highest BCUT2D eigenvalue weighted by atomic mass is 32.1. The smallest absolute Gasteiger partial charge is 0.292 e. The van der Waals surface area contributed by atoms with Crippen LogP contribution in [-0.4, -0.2) is 51.1 Å². The van der Waals surface area contributed by atoms with E-state index in [4.69, 9.17) is 23.7 Å². The molecular weight excluding hydrogens is 408 g/mol. The predicted molar refractivity (Wildman–Crippen MR) is 112 cm³/mol. The van der Waals surface area contributed by atoms with Crippen molar-refractivity contribution in [3.05, 3.63) is 41.2 Å². The Labute approximate surface area is 177 Å². The molecule has 0 N–H and O–H groups in total. The van der Waals surface area contributed by atoms with Crippen LogP contribution in [0.5, 0.6) is 23.0 Å². The van der Waals surface area contributed by atoms with E-state index in [0.717, 1.165) is 10.2 Å². The molecule has 8 nitrogen and oxygen atoms in total. The summed E-state index contributed by atoms with van der Waals surface area (Å²) in [6.45, 7) is 1.12. The van der Waals surface area contributed by atoms with Crippen LogP contribution in [0.25, 0.3) is 10.2 Å². The summed E-state index contributed by atoms with van der Waals surface area (Å²) >= 11 is 1.39. The minimum absolute atomic E-state index is 0.115. The lowest BCUT2D eigenvalue weighted by atomic mass is 10.2. The van der Waals surface area contributed by atoms with E-state index in [1.165, 1.54) is 11.3 Å². The number of thiazole rings is 1. The lowest BCUT2D eigenvalue weighted by Crippen LogP contribution is -2.37. The second-order valence-electron chi connectivity index (χ2n) is 6.52. The Balaban J connectivity index is 1.73. The van der Waals surface area contributed by atoms with E-state index in [1.54, 1.807) is 33.5 Å². The number of para-hydroxylation sites is 2. The molecule has 1 aliphatic heterocycles. The fourth-order valence-corrected chi connectivity index (χ4v) is 4.26. The molecule has 1 atom stereocenters. The van der Waals surface area contributed by atoms with Crippen LogP contribution < -0.4 is 23.7 Å². The molecule has 1 amide bonds. The zero-order valence-corrected chi connectivity index (χ0v) is 17.7. The molecule has 1 aliphatic rings. The molecule has 0 radical (unpaired) electrons. The Morgan fingerprint density at radius 2 is 1.90 bits per heavy atom. The van der Waals surface area contributed by atoms with Gasteiger partial charge in [0, 0.05) is 25.8 Å². The number of nitrogens with zero attached hydrogens (tertiary/aromatic N) is 2. The van der Waals surface area contributed by atoms with Crippen molar-refractivity contribution in [3.63, 3.8) is 0 Å². The van der Waals surface area contributed by atoms with Gasteiger partial charge in [0.15, 0.2) is 27.8 Å². The van der Waals surface area contributed by atoms with Crippen molar-refractivity contribution >= 4 is 27.5 Å². The highest BCUT2D eigenvalue weighted by molar-refractivity contribution is 7.16. The number of carbonyl (C=O) groups is 1. The number of aromatic nitrogens is 1. The number of hydrogen-bond acceptors (Lipinski definition) is 7. The molecule has 4 rings (SSSR count). The van der Waals surface area contributed by atoms with E-state index in [2.05, 4.69) is 4.99 Å². The summed E-state index contributed by atoms with van der Waals surface area (Å²) in [5.74, 6) is 1.98. The van der Waals surface area contributed by atoms with Crippen molar-refractivity contribution in [1.82, 2.24) is 4.57 Å². The molecule has 2 aromatic carbocycles. The zero-order valence-electron chi connectivity index (χ0n) is 16.9. The molecule has 0 fully saturated rings. The quantitative estimate of drug-likeness (QED) is 0.598. The van der Waals surface area contributed by atoms with E-state index < -0.39 is 12.0 Å². The standard InChI is InChI=1S/C21H22N2O6S/c1-25-9-8-23-13-10-16(26-2)17(27-3)11-19(13)30-21(23)22-20(24)18-12-28-14-6-4-5-7-15(14)29-18/h4-7,10-11,18H,8-9,12H2,1-3H3/t18-/m1/s1. The summed E-state index contributed by atoms with van der Waals surface area (Å²) in [5.41, 5.74) is 0.882. The van der Waals surface area contributed by atoms with Crippen molar-refractivity contribution in [2.75, 3.05) is 34.5 Å². The van der Waals surface area contributed by atoms with Crippen molar-refractivity contribution in [2.45, 2.75) is 12.6 Å². The van der Waals surface area contributed by atoms with E-state index in [-0.39, 0.29) is 6.61 Å². The first-order valence-corrected chi connectivity index (χ1v) is 10.2. The van der Waals surface area contributed by atoms with Gasteiger partial charge in [0.1, 0.15) is 6.61 Å². The molecule has 0 spiro atoms. The molecule has 0 saturated heterocycles. The molecule has 0 saturated carbocycles. The topological polar surface area (TPSA) is 80.5 Å². The summed E-state index contributed by atoms with van der Waals surface area (Å²) in [6.07, 6.45) is -0.801. The normalized spacial score (nSPS) is 16.0. The van der Waals surface area contributed by atoms with Crippen LogP contribution >= 0.6 is 11.3 Å². The van der Waals surface area contributed by atoms with Crippen LogP contribution in [0.4, 0.5) is 0 Å². The molecular formula is C21H22N2O6S. The molecule has 0 unspecified atom stereocenters. The van der Waals surface area contributed by atoms with Gasteiger partial charge in [0.25, 0.3) is 5.91 Å². The number of carbonyl (C=O) groups excluding carboxylic acids is 1. The Bertz CT molecular complexity index is 1140. The van der Waals surface area contributed by atoms with Crippen molar-refractivity contribution in [1.29, 1.82) is 0 Å². The van der Waals surface area contributed by atoms with Gasteiger partial charge in [-0.25, -0.2) is 0 Å². The minimum Gasteiger partial charge on any atom is -0.493 e. The Hall–Kier alpha value is -3.04. The number of methoxy groups -OCH3 is 3. The SMILES string of the molecule is COCCn1c(=NC(=O)[C@H]2COc3ccccc3O2)sc2cc(OC)c(OC)cc21. The second-order valence-corrected chi connectivity index (χ2v) is 7.53. The van der Waals surface area contributed by atoms with Crippen molar-refractivity contribution in [3.8, 4) is 23.0 Å². The number of benzene rings is 2. The molecule has 158 valence electrons. The number of rotatable bonds is 6. The Morgan fingerprint density at radius 3 is 2.63 bits per heavy atom. The van der Waals surface area contributed by atoms with Gasteiger partial charge in [-0.1, -0.05) is 23.5 Å². The van der Waals surface area contributed by atoms with Crippen molar-refractivity contribution in [2.24, 2.45) is 4.99 Å². The van der Waals surface area contributed by atoms with E-state index in [0.29, 0.717) is 41.0 Å². The molecule has 2 heterocycles. The third kappa shape index (κ3) is 3.86. The van der Waals surface area contributed by atoms with Crippen LogP contribution in [0.15, 0.2) is 41.4 Å². The average molecular weight is 430 g/mol. The summed E-state index contributed by atoms with van der Waals surface area (Å²) in [5, 5.41) is 0. The first kappa shape index (κ1) is 20.2. The molecule has 3 aromatic rings. The lowest BCUT2D eigenvalue weighted by Gasteiger charge is -2.23. The third-order valence-electron chi connectivity index (χ3n) is 4.70. The fraction of sp³-hybridized carbons (Fsp3) is 0.333. The Morgan fingerprint density at radius 1 is 1.17 bits per heavy atom. The third-order valence-corrected chi connectivity index (χ3v) is 5.74. The number of hydrogen-bond donors (Lipinski definition) is 0. The van der Waals surface area contributed by atoms with Gasteiger partial charge >= 0.3 is 0 Å². The Kier molecular flexibility index (Phi) is 5.91. The highest BCUT2D eigenvalue weighted by Gasteiger charge is 2.27. The van der Waals surface area contributed by atoms with Gasteiger partial charge in [0.05, 0.1) is 31.0 Å². The van der Waals surface area contributed by atoms with Crippen LogP contribution in [0.2, 0.25) is 0 Å². The summed E-state index contributed by atoms with van der Waals surface area (Å²) in [4.78, 5) is 17.8. The zero-order chi connectivity index (χ0) is 21.1. The molecule has 0 aliphatic carbocycles. The monoisotopic (exact) mass is 430 g/mol. The summed E-state index contributed by atoms with van der Waals surface area (Å²) in [7, 11) is 4.80. The number of amides is 1. The van der Waals surface area contributed by atoms with Crippen LogP contribution in [-0.2, 0) is 16.1 Å². The second kappa shape index (κ2) is 8.76. The van der Waals surface area contributed by atoms with Gasteiger partial charge in [0.2, 0.25) is 6.10 Å². The number of fused-ring (bicyclic) bond motifs is 2. The van der Waals surface area contributed by atoms with Crippen molar-refractivity contribution < 1.29 is 28.5 Å². The molecule has 1 aromatic heterocycles. The van der Waals surface area contributed by atoms with Crippen LogP contribution in [0, 0.1) is 0 Å². The van der Waals surface area contributed by atoms with Gasteiger partial charge in [-0.3, -0.25) is 4.79 Å². The predicted octanol–water partition coefficient (Wildman–Crippen LogP) is 2.63. The highest BCUT2D eigenvalue weighted by Crippen LogP contribution is 2.34. The minimum atomic E-state index is -0.801. The maximum absolute atomic E-state index is 12.9. The maximum atomic E-state index is 12.9. The van der Waals surface area contributed by atoms with E-state index in [1.807, 2.05) is 28.8 Å². The number of ether oxygens (including phenoxy) is 5. The van der Waals surface area contributed by atoms with Crippen LogP contribution in [0.1, 0.15) is 0 Å². The fourth-order valence-electron chi connectivity index (χ4n) is 3.19. The maximum Gasteiger partial charge on any atom is 0.292 e. The van der Waals surface area contributed by atoms with Gasteiger partial charge in [-0.15, -0.1) is 0 Å². The average Bonchev–Trinajstić information content (AvgIpc) is 3.11. The van der Waals surface area contributed by atoms with E-state index in [9.17, 15) is 4.79 Å². The van der Waals surface area contributed by atoms with Gasteiger partial charge in [-0.2, -0.15) is 4.99 Å². The van der Waals surface area contributed by atoms with Gasteiger partial charge < -0.3 is 28.3 Å². The lowest BCUT2D eigenvalue weighted by molar-refractivity contribution is -0.127. The van der Waals surface area contributed by atoms with Gasteiger partial charge in [-0.05, 0) is 12.1 Å². The molecule has 0 bridgehead atoms. The first-order valence-electron chi connectivity index (χ1n) is 9.36. The first-order chi connectivity index (χ1) is 14.6. The summed E-state index contributed by atoms with van der Waals surface area (Å²) < 4.78 is 30.4.